The van der Waals surface area contributed by atoms with Crippen molar-refractivity contribution in [1.82, 2.24) is 10.2 Å². The van der Waals surface area contributed by atoms with Crippen LogP contribution in [0.4, 0.5) is 5.69 Å². The minimum atomic E-state index is -0.688. The summed E-state index contributed by atoms with van der Waals surface area (Å²) in [7, 11) is 1.32. The van der Waals surface area contributed by atoms with Crippen LogP contribution in [-0.2, 0) is 16.1 Å². The van der Waals surface area contributed by atoms with E-state index in [9.17, 15) is 19.7 Å². The second-order valence-corrected chi connectivity index (χ2v) is 8.55. The van der Waals surface area contributed by atoms with Crippen LogP contribution < -0.4 is 14.8 Å². The molecule has 0 fully saturated rings. The Kier molecular flexibility index (Phi) is 8.78. The average molecular weight is 458 g/mol. The van der Waals surface area contributed by atoms with Gasteiger partial charge in [-0.05, 0) is 38.8 Å². The number of ether oxygens (including phenoxy) is 2. The Balaban J connectivity index is 2.24. The molecule has 0 aliphatic rings. The third-order valence-electron chi connectivity index (χ3n) is 4.79. The number of amides is 2. The summed E-state index contributed by atoms with van der Waals surface area (Å²) < 4.78 is 10.7. The third-order valence-corrected chi connectivity index (χ3v) is 4.79. The molecule has 1 N–H and O–H groups in total. The number of methoxy groups -OCH3 is 1. The van der Waals surface area contributed by atoms with Gasteiger partial charge in [0, 0.05) is 24.2 Å². The van der Waals surface area contributed by atoms with Gasteiger partial charge in [-0.2, -0.15) is 0 Å². The summed E-state index contributed by atoms with van der Waals surface area (Å²) in [6.45, 7) is 7.39. The summed E-state index contributed by atoms with van der Waals surface area (Å²) in [4.78, 5) is 38.2. The topological polar surface area (TPSA) is 111 Å². The molecule has 2 aromatic rings. The molecule has 1 atom stereocenters. The normalized spacial score (nSPS) is 11.9. The third kappa shape index (κ3) is 7.48. The standard InChI is InChI=1S/C24H31N3O6/c1-6-19(23(29)25-24(2,3)4)26(15-17-10-8-7-9-11-17)22(28)16-33-18-12-13-20(27(30)31)21(14-18)32-5/h7-14,19H,6,15-16H2,1-5H3,(H,25,29)/t19-/m0/s1. The molecular formula is C24H31N3O6. The molecule has 0 bridgehead atoms. The van der Waals surface area contributed by atoms with Gasteiger partial charge in [0.15, 0.2) is 6.61 Å². The molecule has 178 valence electrons. The number of nitrogens with one attached hydrogen (secondary N) is 1. The van der Waals surface area contributed by atoms with Crippen LogP contribution in [0.2, 0.25) is 0 Å². The molecule has 0 saturated carbocycles. The minimum absolute atomic E-state index is 0.0297. The lowest BCUT2D eigenvalue weighted by molar-refractivity contribution is -0.385. The molecule has 2 rings (SSSR count). The number of hydrogen-bond donors (Lipinski definition) is 1. The van der Waals surface area contributed by atoms with Crippen LogP contribution in [0.5, 0.6) is 11.5 Å². The highest BCUT2D eigenvalue weighted by atomic mass is 16.6. The Morgan fingerprint density at radius 3 is 2.36 bits per heavy atom. The maximum absolute atomic E-state index is 13.2. The zero-order valence-electron chi connectivity index (χ0n) is 19.7. The first-order chi connectivity index (χ1) is 15.6. The lowest BCUT2D eigenvalue weighted by Crippen LogP contribution is -2.54. The van der Waals surface area contributed by atoms with Gasteiger partial charge in [-0.15, -0.1) is 0 Å². The fourth-order valence-corrected chi connectivity index (χ4v) is 3.28. The van der Waals surface area contributed by atoms with Gasteiger partial charge in [0.25, 0.3) is 5.91 Å². The molecule has 0 aliphatic heterocycles. The monoisotopic (exact) mass is 457 g/mol. The van der Waals surface area contributed by atoms with Crippen molar-refractivity contribution in [3.63, 3.8) is 0 Å². The van der Waals surface area contributed by atoms with E-state index >= 15 is 0 Å². The van der Waals surface area contributed by atoms with Crippen molar-refractivity contribution in [2.75, 3.05) is 13.7 Å². The minimum Gasteiger partial charge on any atom is -0.490 e. The van der Waals surface area contributed by atoms with Crippen molar-refractivity contribution in [2.24, 2.45) is 0 Å². The van der Waals surface area contributed by atoms with Crippen molar-refractivity contribution < 1.29 is 24.0 Å². The lowest BCUT2D eigenvalue weighted by Gasteiger charge is -2.33. The number of benzene rings is 2. The molecule has 0 unspecified atom stereocenters. The second kappa shape index (κ2) is 11.3. The molecule has 9 nitrogen and oxygen atoms in total. The number of carbonyl (C=O) groups excluding carboxylic acids is 2. The fourth-order valence-electron chi connectivity index (χ4n) is 3.28. The molecule has 0 spiro atoms. The number of nitro groups is 1. The van der Waals surface area contributed by atoms with Crippen molar-refractivity contribution in [2.45, 2.75) is 52.2 Å². The van der Waals surface area contributed by atoms with Gasteiger partial charge < -0.3 is 19.7 Å². The van der Waals surface area contributed by atoms with Gasteiger partial charge in [0.05, 0.1) is 12.0 Å². The SMILES string of the molecule is CC[C@@H](C(=O)NC(C)(C)C)N(Cc1ccccc1)C(=O)COc1ccc([N+](=O)[O-])c(OC)c1. The van der Waals surface area contributed by atoms with E-state index in [0.29, 0.717) is 6.42 Å². The van der Waals surface area contributed by atoms with E-state index in [-0.39, 0.29) is 42.2 Å². The van der Waals surface area contributed by atoms with Crippen molar-refractivity contribution >= 4 is 17.5 Å². The van der Waals surface area contributed by atoms with Crippen LogP contribution in [0.15, 0.2) is 48.5 Å². The van der Waals surface area contributed by atoms with Crippen molar-refractivity contribution in [1.29, 1.82) is 0 Å². The highest BCUT2D eigenvalue weighted by Crippen LogP contribution is 2.30. The quantitative estimate of drug-likeness (QED) is 0.430. The van der Waals surface area contributed by atoms with Gasteiger partial charge in [-0.1, -0.05) is 37.3 Å². The van der Waals surface area contributed by atoms with E-state index < -0.39 is 16.5 Å². The van der Waals surface area contributed by atoms with E-state index in [1.807, 2.05) is 58.0 Å². The predicted octanol–water partition coefficient (Wildman–Crippen LogP) is 3.70. The number of nitro benzene ring substituents is 1. The second-order valence-electron chi connectivity index (χ2n) is 8.55. The molecule has 0 aromatic heterocycles. The van der Waals surface area contributed by atoms with Crippen LogP contribution in [0, 0.1) is 10.1 Å². The fraction of sp³-hybridized carbons (Fsp3) is 0.417. The number of carbonyl (C=O) groups is 2. The van der Waals surface area contributed by atoms with E-state index in [2.05, 4.69) is 5.32 Å². The Morgan fingerprint density at radius 1 is 1.15 bits per heavy atom. The maximum atomic E-state index is 13.2. The first-order valence-corrected chi connectivity index (χ1v) is 10.7. The molecule has 9 heteroatoms. The molecule has 2 aromatic carbocycles. The largest absolute Gasteiger partial charge is 0.490 e. The summed E-state index contributed by atoms with van der Waals surface area (Å²) in [6, 6.07) is 12.7. The Labute approximate surface area is 193 Å². The summed E-state index contributed by atoms with van der Waals surface area (Å²) in [6.07, 6.45) is 0.422. The van der Waals surface area contributed by atoms with Gasteiger partial charge in [-0.25, -0.2) is 0 Å². The smallest absolute Gasteiger partial charge is 0.311 e. The summed E-state index contributed by atoms with van der Waals surface area (Å²) in [5.74, 6) is -0.349. The molecule has 0 aliphatic carbocycles. The Morgan fingerprint density at radius 2 is 1.82 bits per heavy atom. The van der Waals surface area contributed by atoms with Crippen LogP contribution in [0.25, 0.3) is 0 Å². The molecule has 0 saturated heterocycles. The molecular weight excluding hydrogens is 426 g/mol. The van der Waals surface area contributed by atoms with Gasteiger partial charge >= 0.3 is 5.69 Å². The summed E-state index contributed by atoms with van der Waals surface area (Å²) >= 11 is 0. The highest BCUT2D eigenvalue weighted by Gasteiger charge is 2.31. The summed E-state index contributed by atoms with van der Waals surface area (Å²) in [5.41, 5.74) is 0.231. The number of hydrogen-bond acceptors (Lipinski definition) is 6. The first-order valence-electron chi connectivity index (χ1n) is 10.7. The number of rotatable bonds is 10. The lowest BCUT2D eigenvalue weighted by atomic mass is 10.1. The Hall–Kier alpha value is -3.62. The first kappa shape index (κ1) is 25.6. The molecule has 0 radical (unpaired) electrons. The average Bonchev–Trinajstić information content (AvgIpc) is 2.76. The molecule has 2 amide bonds. The van der Waals surface area contributed by atoms with Crippen LogP contribution in [-0.4, -0.2) is 46.9 Å². The maximum Gasteiger partial charge on any atom is 0.311 e. The highest BCUT2D eigenvalue weighted by molar-refractivity contribution is 5.88. The van der Waals surface area contributed by atoms with Crippen LogP contribution in [0.1, 0.15) is 39.7 Å². The zero-order valence-corrected chi connectivity index (χ0v) is 19.7. The number of nitrogens with zero attached hydrogens (tertiary/aromatic N) is 2. The van der Waals surface area contributed by atoms with Crippen LogP contribution >= 0.6 is 0 Å². The van der Waals surface area contributed by atoms with E-state index in [1.165, 1.54) is 30.2 Å². The van der Waals surface area contributed by atoms with E-state index in [0.717, 1.165) is 5.56 Å². The van der Waals surface area contributed by atoms with Gasteiger partial charge in [0.1, 0.15) is 11.8 Å². The van der Waals surface area contributed by atoms with Crippen LogP contribution in [0.3, 0.4) is 0 Å². The zero-order chi connectivity index (χ0) is 24.6. The molecule has 0 heterocycles. The molecule has 33 heavy (non-hydrogen) atoms. The van der Waals surface area contributed by atoms with Crippen molar-refractivity contribution in [3.05, 3.63) is 64.2 Å². The van der Waals surface area contributed by atoms with Crippen molar-refractivity contribution in [3.8, 4) is 11.5 Å². The predicted molar refractivity (Wildman–Crippen MR) is 124 cm³/mol. The van der Waals surface area contributed by atoms with E-state index in [1.54, 1.807) is 0 Å². The summed E-state index contributed by atoms with van der Waals surface area (Å²) in [5, 5.41) is 14.0. The van der Waals surface area contributed by atoms with Gasteiger partial charge in [-0.3, -0.25) is 19.7 Å². The van der Waals surface area contributed by atoms with Gasteiger partial charge in [0.2, 0.25) is 11.7 Å². The Bertz CT molecular complexity index is 972. The van der Waals surface area contributed by atoms with E-state index in [4.69, 9.17) is 9.47 Å².